The van der Waals surface area contributed by atoms with Gasteiger partial charge in [-0.3, -0.25) is 9.69 Å². The molecule has 0 spiro atoms. The molecule has 4 rings (SSSR count). The molecule has 1 aromatic heterocycles. The number of rotatable bonds is 6. The van der Waals surface area contributed by atoms with Crippen molar-refractivity contribution >= 4 is 5.91 Å². The number of primary amides is 1. The van der Waals surface area contributed by atoms with E-state index in [-0.39, 0.29) is 12.7 Å². The summed E-state index contributed by atoms with van der Waals surface area (Å²) in [6.45, 7) is 1.52. The minimum absolute atomic E-state index is 0.154. The summed E-state index contributed by atoms with van der Waals surface area (Å²) in [7, 11) is 0. The number of hydrogen-bond donors (Lipinski definition) is 1. The molecular weight excluding hydrogens is 300 g/mol. The molecule has 1 aliphatic heterocycles. The fraction of sp³-hybridized carbons (Fsp3) is 0.400. The summed E-state index contributed by atoms with van der Waals surface area (Å²) < 4.78 is 15.6. The van der Waals surface area contributed by atoms with Gasteiger partial charge in [0.25, 0.3) is 0 Å². The van der Waals surface area contributed by atoms with Crippen LogP contribution in [0.25, 0.3) is 0 Å². The third kappa shape index (κ3) is 2.98. The van der Waals surface area contributed by atoms with Gasteiger partial charge in [-0.05, 0) is 30.5 Å². The summed E-state index contributed by atoms with van der Waals surface area (Å²) in [6.07, 6.45) is 2.29. The molecule has 0 atom stereocenters. The Balaban J connectivity index is 1.48. The number of hydrogen-bond acceptors (Lipinski definition) is 7. The van der Waals surface area contributed by atoms with Crippen LogP contribution in [0, 0.1) is 0 Å². The van der Waals surface area contributed by atoms with Crippen molar-refractivity contribution in [2.75, 3.05) is 6.79 Å². The van der Waals surface area contributed by atoms with Crippen LogP contribution in [0.15, 0.2) is 22.7 Å². The van der Waals surface area contributed by atoms with Crippen LogP contribution >= 0.6 is 0 Å². The average Bonchev–Trinajstić information content (AvgIpc) is 3.09. The van der Waals surface area contributed by atoms with Crippen molar-refractivity contribution in [2.24, 2.45) is 5.73 Å². The van der Waals surface area contributed by atoms with Gasteiger partial charge in [-0.15, -0.1) is 0 Å². The fourth-order valence-corrected chi connectivity index (χ4v) is 2.63. The third-order valence-corrected chi connectivity index (χ3v) is 3.91. The molecule has 2 aliphatic rings. The van der Waals surface area contributed by atoms with Crippen molar-refractivity contribution in [3.8, 4) is 11.5 Å². The summed E-state index contributed by atoms with van der Waals surface area (Å²) in [6, 6.07) is 6.43. The monoisotopic (exact) mass is 316 g/mol. The maximum absolute atomic E-state index is 11.0. The highest BCUT2D eigenvalue weighted by Gasteiger charge is 2.30. The molecule has 1 aliphatic carbocycles. The lowest BCUT2D eigenvalue weighted by atomic mass is 10.2. The largest absolute Gasteiger partial charge is 0.454 e. The second-order valence-corrected chi connectivity index (χ2v) is 5.70. The van der Waals surface area contributed by atoms with E-state index in [4.69, 9.17) is 19.7 Å². The van der Waals surface area contributed by atoms with E-state index < -0.39 is 5.91 Å². The number of nitrogens with zero attached hydrogens (tertiary/aromatic N) is 3. The standard InChI is InChI=1S/C15H16N4O4/c16-14(20)15-17-13(18-23-15)7-19(10-2-3-10)6-9-1-4-11-12(5-9)22-8-21-11/h1,4-5,10H,2-3,6-8H2,(H2,16,20). The van der Waals surface area contributed by atoms with Crippen molar-refractivity contribution in [3.05, 3.63) is 35.5 Å². The van der Waals surface area contributed by atoms with Crippen molar-refractivity contribution in [3.63, 3.8) is 0 Å². The van der Waals surface area contributed by atoms with Crippen LogP contribution < -0.4 is 15.2 Å². The molecule has 23 heavy (non-hydrogen) atoms. The first-order valence-electron chi connectivity index (χ1n) is 7.44. The van der Waals surface area contributed by atoms with Gasteiger partial charge in [-0.2, -0.15) is 4.98 Å². The van der Waals surface area contributed by atoms with Crippen molar-refractivity contribution < 1.29 is 18.8 Å². The normalized spacial score (nSPS) is 16.0. The zero-order valence-electron chi connectivity index (χ0n) is 12.4. The molecule has 2 N–H and O–H groups in total. The summed E-state index contributed by atoms with van der Waals surface area (Å²) in [5, 5.41) is 3.81. The van der Waals surface area contributed by atoms with Crippen molar-refractivity contribution in [1.82, 2.24) is 15.0 Å². The maximum atomic E-state index is 11.0. The number of carbonyl (C=O) groups is 1. The van der Waals surface area contributed by atoms with Crippen molar-refractivity contribution in [2.45, 2.75) is 32.0 Å². The Morgan fingerprint density at radius 3 is 2.83 bits per heavy atom. The van der Waals surface area contributed by atoms with E-state index >= 15 is 0 Å². The van der Waals surface area contributed by atoms with Gasteiger partial charge in [0.1, 0.15) is 0 Å². The fourth-order valence-electron chi connectivity index (χ4n) is 2.63. The number of aromatic nitrogens is 2. The zero-order valence-corrected chi connectivity index (χ0v) is 12.4. The van der Waals surface area contributed by atoms with Gasteiger partial charge in [-0.25, -0.2) is 0 Å². The van der Waals surface area contributed by atoms with E-state index in [1.54, 1.807) is 0 Å². The average molecular weight is 316 g/mol. The van der Waals surface area contributed by atoms with Crippen LogP contribution in [-0.2, 0) is 13.1 Å². The third-order valence-electron chi connectivity index (χ3n) is 3.91. The summed E-state index contributed by atoms with van der Waals surface area (Å²) in [4.78, 5) is 17.3. The van der Waals surface area contributed by atoms with Gasteiger partial charge in [0.15, 0.2) is 17.3 Å². The molecule has 120 valence electrons. The van der Waals surface area contributed by atoms with Gasteiger partial charge < -0.3 is 19.7 Å². The SMILES string of the molecule is NC(=O)c1nc(CN(Cc2ccc3c(c2)OCO3)C2CC2)no1. The van der Waals surface area contributed by atoms with E-state index in [1.165, 1.54) is 0 Å². The molecule has 0 saturated heterocycles. The van der Waals surface area contributed by atoms with Gasteiger partial charge in [0, 0.05) is 12.6 Å². The molecule has 1 amide bonds. The van der Waals surface area contributed by atoms with E-state index in [2.05, 4.69) is 15.0 Å². The minimum atomic E-state index is -0.711. The smallest absolute Gasteiger partial charge is 0.315 e. The molecule has 2 aromatic rings. The molecule has 8 heteroatoms. The summed E-state index contributed by atoms with van der Waals surface area (Å²) >= 11 is 0. The van der Waals surface area contributed by atoms with Gasteiger partial charge in [0.05, 0.1) is 6.54 Å². The van der Waals surface area contributed by atoms with Crippen LogP contribution in [0.1, 0.15) is 34.9 Å². The topological polar surface area (TPSA) is 104 Å². The molecular formula is C15H16N4O4. The molecule has 1 saturated carbocycles. The number of fused-ring (bicyclic) bond motifs is 1. The molecule has 0 bridgehead atoms. The second kappa shape index (κ2) is 5.54. The van der Waals surface area contributed by atoms with Crippen LogP contribution in [0.3, 0.4) is 0 Å². The van der Waals surface area contributed by atoms with Gasteiger partial charge in [-0.1, -0.05) is 11.2 Å². The van der Waals surface area contributed by atoms with Crippen LogP contribution in [0.2, 0.25) is 0 Å². The van der Waals surface area contributed by atoms with Crippen LogP contribution in [-0.4, -0.2) is 33.8 Å². The van der Waals surface area contributed by atoms with Crippen molar-refractivity contribution in [1.29, 1.82) is 0 Å². The molecule has 8 nitrogen and oxygen atoms in total. The Hall–Kier alpha value is -2.61. The van der Waals surface area contributed by atoms with Gasteiger partial charge in [0.2, 0.25) is 6.79 Å². The number of carbonyl (C=O) groups excluding carboxylic acids is 1. The Kier molecular flexibility index (Phi) is 3.38. The summed E-state index contributed by atoms with van der Waals surface area (Å²) in [5.74, 6) is 1.15. The first kappa shape index (κ1) is 14.0. The molecule has 2 heterocycles. The molecule has 1 fully saturated rings. The highest BCUT2D eigenvalue weighted by molar-refractivity contribution is 5.87. The first-order chi connectivity index (χ1) is 11.2. The van der Waals surface area contributed by atoms with Gasteiger partial charge >= 0.3 is 11.8 Å². The Morgan fingerprint density at radius 2 is 2.09 bits per heavy atom. The van der Waals surface area contributed by atoms with E-state index in [9.17, 15) is 4.79 Å². The summed E-state index contributed by atoms with van der Waals surface area (Å²) in [5.41, 5.74) is 6.26. The number of amides is 1. The molecule has 1 aromatic carbocycles. The highest BCUT2D eigenvalue weighted by atomic mass is 16.7. The Labute approximate surface area is 132 Å². The van der Waals surface area contributed by atoms with E-state index in [1.807, 2.05) is 18.2 Å². The molecule has 0 radical (unpaired) electrons. The highest BCUT2D eigenvalue weighted by Crippen LogP contribution is 2.34. The lowest BCUT2D eigenvalue weighted by Gasteiger charge is -2.20. The lowest BCUT2D eigenvalue weighted by molar-refractivity contribution is 0.0958. The number of nitrogens with two attached hydrogens (primary N) is 1. The number of benzene rings is 1. The second-order valence-electron chi connectivity index (χ2n) is 5.70. The Bertz CT molecular complexity index is 741. The first-order valence-corrected chi connectivity index (χ1v) is 7.44. The predicted octanol–water partition coefficient (Wildman–Crippen LogP) is 1.06. The predicted molar refractivity (Wildman–Crippen MR) is 77.6 cm³/mol. The molecule has 0 unspecified atom stereocenters. The minimum Gasteiger partial charge on any atom is -0.454 e. The quantitative estimate of drug-likeness (QED) is 0.849. The van der Waals surface area contributed by atoms with E-state index in [0.29, 0.717) is 18.4 Å². The Morgan fingerprint density at radius 1 is 1.26 bits per heavy atom. The zero-order chi connectivity index (χ0) is 15.8. The van der Waals surface area contributed by atoms with E-state index in [0.717, 1.165) is 36.4 Å². The number of ether oxygens (including phenoxy) is 2. The van der Waals surface area contributed by atoms with Crippen LogP contribution in [0.4, 0.5) is 0 Å². The lowest BCUT2D eigenvalue weighted by Crippen LogP contribution is -2.25. The maximum Gasteiger partial charge on any atom is 0.315 e. The van der Waals surface area contributed by atoms with Crippen LogP contribution in [0.5, 0.6) is 11.5 Å².